The summed E-state index contributed by atoms with van der Waals surface area (Å²) in [6, 6.07) is 0.123. The lowest BCUT2D eigenvalue weighted by molar-refractivity contribution is 0.280. The van der Waals surface area contributed by atoms with E-state index in [1.807, 2.05) is 0 Å². The van der Waals surface area contributed by atoms with Gasteiger partial charge in [-0.2, -0.15) is 0 Å². The van der Waals surface area contributed by atoms with Crippen LogP contribution in [0.2, 0.25) is 0 Å². The van der Waals surface area contributed by atoms with E-state index in [0.29, 0.717) is 17.6 Å². The first-order valence-electron chi connectivity index (χ1n) is 8.74. The monoisotopic (exact) mass is 314 g/mol. The van der Waals surface area contributed by atoms with Crippen LogP contribution >= 0.6 is 0 Å². The number of hydrogen-bond acceptors (Lipinski definition) is 3. The maximum Gasteiger partial charge on any atom is 0.211 e. The third-order valence-electron chi connectivity index (χ3n) is 6.05. The normalized spacial score (nSPS) is 35.2. The van der Waals surface area contributed by atoms with E-state index < -0.39 is 10.0 Å². The molecule has 2 aliphatic carbocycles. The van der Waals surface area contributed by atoms with Crippen molar-refractivity contribution < 1.29 is 8.42 Å². The molecule has 0 spiro atoms. The highest BCUT2D eigenvalue weighted by atomic mass is 32.2. The Kier molecular flexibility index (Phi) is 4.91. The van der Waals surface area contributed by atoms with Crippen LogP contribution in [0.4, 0.5) is 0 Å². The summed E-state index contributed by atoms with van der Waals surface area (Å²) in [6.07, 6.45) is 8.33. The molecule has 2 saturated carbocycles. The number of sulfonamides is 1. The molecule has 2 bridgehead atoms. The Balaban J connectivity index is 1.46. The molecule has 0 radical (unpaired) electrons. The smallest absolute Gasteiger partial charge is 0.211 e. The van der Waals surface area contributed by atoms with Crippen LogP contribution in [0.1, 0.15) is 51.9 Å². The van der Waals surface area contributed by atoms with Gasteiger partial charge >= 0.3 is 0 Å². The maximum atomic E-state index is 12.3. The molecule has 1 heterocycles. The maximum absolute atomic E-state index is 12.3. The Morgan fingerprint density at radius 2 is 1.90 bits per heavy atom. The minimum Gasteiger partial charge on any atom is -0.317 e. The molecular formula is C16H30N2O2S. The molecule has 0 aromatic carbocycles. The molecule has 5 heteroatoms. The number of rotatable bonds is 6. The third-order valence-corrected chi connectivity index (χ3v) is 7.56. The summed E-state index contributed by atoms with van der Waals surface area (Å²) in [6.45, 7) is 4.16. The van der Waals surface area contributed by atoms with Crippen LogP contribution in [0.15, 0.2) is 0 Å². The Morgan fingerprint density at radius 1 is 1.14 bits per heavy atom. The van der Waals surface area contributed by atoms with E-state index in [1.165, 1.54) is 25.7 Å². The zero-order valence-corrected chi connectivity index (χ0v) is 14.0. The van der Waals surface area contributed by atoms with Gasteiger partial charge in [0.15, 0.2) is 0 Å². The van der Waals surface area contributed by atoms with Crippen LogP contribution in [-0.2, 0) is 10.0 Å². The van der Waals surface area contributed by atoms with Gasteiger partial charge in [0.2, 0.25) is 10.0 Å². The van der Waals surface area contributed by atoms with E-state index in [1.54, 1.807) is 0 Å². The minimum absolute atomic E-state index is 0.123. The van der Waals surface area contributed by atoms with Gasteiger partial charge in [-0.1, -0.05) is 6.42 Å². The number of nitrogens with one attached hydrogen (secondary N) is 2. The zero-order chi connectivity index (χ0) is 14.9. The van der Waals surface area contributed by atoms with Gasteiger partial charge in [-0.25, -0.2) is 13.1 Å². The van der Waals surface area contributed by atoms with Crippen LogP contribution in [0.5, 0.6) is 0 Å². The van der Waals surface area contributed by atoms with Crippen molar-refractivity contribution in [2.75, 3.05) is 18.8 Å². The predicted octanol–water partition coefficient (Wildman–Crippen LogP) is 2.12. The number of fused-ring (bicyclic) bond motifs is 2. The second-order valence-corrected chi connectivity index (χ2v) is 9.42. The van der Waals surface area contributed by atoms with Gasteiger partial charge in [-0.15, -0.1) is 0 Å². The molecule has 122 valence electrons. The van der Waals surface area contributed by atoms with E-state index in [4.69, 9.17) is 0 Å². The largest absolute Gasteiger partial charge is 0.317 e. The van der Waals surface area contributed by atoms with Crippen molar-refractivity contribution in [2.24, 2.45) is 23.7 Å². The van der Waals surface area contributed by atoms with Gasteiger partial charge in [-0.3, -0.25) is 0 Å². The summed E-state index contributed by atoms with van der Waals surface area (Å²) in [5, 5.41) is 3.33. The van der Waals surface area contributed by atoms with Gasteiger partial charge in [0.25, 0.3) is 0 Å². The number of hydrogen-bond donors (Lipinski definition) is 2. The summed E-state index contributed by atoms with van der Waals surface area (Å²) in [7, 11) is -3.10. The first kappa shape index (κ1) is 15.8. The summed E-state index contributed by atoms with van der Waals surface area (Å²) < 4.78 is 27.6. The minimum atomic E-state index is -3.10. The van der Waals surface area contributed by atoms with Crippen molar-refractivity contribution in [3.8, 4) is 0 Å². The lowest BCUT2D eigenvalue weighted by Gasteiger charge is -2.29. The summed E-state index contributed by atoms with van der Waals surface area (Å²) in [5.41, 5.74) is 0. The summed E-state index contributed by atoms with van der Waals surface area (Å²) >= 11 is 0. The SMILES string of the molecule is CC(NS(=O)(=O)CCC1CCNCC1)C1CC2CCC1C2. The Hall–Kier alpha value is -0.130. The van der Waals surface area contributed by atoms with Crippen LogP contribution < -0.4 is 10.0 Å². The van der Waals surface area contributed by atoms with E-state index in [-0.39, 0.29) is 6.04 Å². The fourth-order valence-corrected chi connectivity index (χ4v) is 6.33. The molecule has 4 unspecified atom stereocenters. The molecule has 1 saturated heterocycles. The van der Waals surface area contributed by atoms with Crippen LogP contribution in [0.3, 0.4) is 0 Å². The van der Waals surface area contributed by atoms with Crippen molar-refractivity contribution in [3.63, 3.8) is 0 Å². The Morgan fingerprint density at radius 3 is 2.52 bits per heavy atom. The van der Waals surface area contributed by atoms with Crippen molar-refractivity contribution in [1.29, 1.82) is 0 Å². The Labute approximate surface area is 129 Å². The van der Waals surface area contributed by atoms with Crippen molar-refractivity contribution >= 4 is 10.0 Å². The molecule has 4 nitrogen and oxygen atoms in total. The molecule has 2 N–H and O–H groups in total. The highest BCUT2D eigenvalue weighted by molar-refractivity contribution is 7.89. The van der Waals surface area contributed by atoms with Crippen LogP contribution in [0.25, 0.3) is 0 Å². The number of piperidine rings is 1. The highest BCUT2D eigenvalue weighted by Crippen LogP contribution is 2.49. The lowest BCUT2D eigenvalue weighted by atomic mass is 9.84. The molecule has 1 aliphatic heterocycles. The quantitative estimate of drug-likeness (QED) is 0.789. The average Bonchev–Trinajstić information content (AvgIpc) is 3.09. The first-order valence-corrected chi connectivity index (χ1v) is 10.4. The predicted molar refractivity (Wildman–Crippen MR) is 85.5 cm³/mol. The molecule has 0 amide bonds. The average molecular weight is 314 g/mol. The van der Waals surface area contributed by atoms with Crippen molar-refractivity contribution in [2.45, 2.75) is 57.9 Å². The van der Waals surface area contributed by atoms with E-state index in [0.717, 1.165) is 44.2 Å². The summed E-state index contributed by atoms with van der Waals surface area (Å²) in [5.74, 6) is 3.12. The Bertz CT molecular complexity index is 445. The molecule has 3 aliphatic rings. The van der Waals surface area contributed by atoms with Crippen LogP contribution in [-0.4, -0.2) is 33.3 Å². The molecule has 3 fully saturated rings. The lowest BCUT2D eigenvalue weighted by Crippen LogP contribution is -2.41. The summed E-state index contributed by atoms with van der Waals surface area (Å²) in [4.78, 5) is 0. The molecule has 21 heavy (non-hydrogen) atoms. The fraction of sp³-hybridized carbons (Fsp3) is 1.00. The first-order chi connectivity index (χ1) is 10.0. The topological polar surface area (TPSA) is 58.2 Å². The van der Waals surface area contributed by atoms with E-state index in [9.17, 15) is 8.42 Å². The van der Waals surface area contributed by atoms with Gasteiger partial charge < -0.3 is 5.32 Å². The second kappa shape index (κ2) is 6.55. The standard InChI is InChI=1S/C16H30N2O2S/c1-12(16-11-14-2-3-15(16)10-14)18-21(19,20)9-6-13-4-7-17-8-5-13/h12-18H,2-11H2,1H3. The molecular weight excluding hydrogens is 284 g/mol. The van der Waals surface area contributed by atoms with E-state index in [2.05, 4.69) is 17.0 Å². The van der Waals surface area contributed by atoms with Gasteiger partial charge in [-0.05, 0) is 82.2 Å². The van der Waals surface area contributed by atoms with Gasteiger partial charge in [0.1, 0.15) is 0 Å². The molecule has 0 aromatic heterocycles. The van der Waals surface area contributed by atoms with E-state index >= 15 is 0 Å². The molecule has 3 rings (SSSR count). The second-order valence-electron chi connectivity index (χ2n) is 7.55. The zero-order valence-electron chi connectivity index (χ0n) is 13.2. The third kappa shape index (κ3) is 3.99. The molecule has 4 atom stereocenters. The van der Waals surface area contributed by atoms with Gasteiger partial charge in [0.05, 0.1) is 5.75 Å². The molecule has 0 aromatic rings. The van der Waals surface area contributed by atoms with Gasteiger partial charge in [0, 0.05) is 6.04 Å². The van der Waals surface area contributed by atoms with Crippen molar-refractivity contribution in [3.05, 3.63) is 0 Å². The van der Waals surface area contributed by atoms with Crippen LogP contribution in [0, 0.1) is 23.7 Å². The highest BCUT2D eigenvalue weighted by Gasteiger charge is 2.42. The fourth-order valence-electron chi connectivity index (χ4n) is 4.83. The van der Waals surface area contributed by atoms with Crippen molar-refractivity contribution in [1.82, 2.24) is 10.0 Å².